The molecule has 0 aliphatic heterocycles. The predicted octanol–water partition coefficient (Wildman–Crippen LogP) is 7.38. The minimum absolute atomic E-state index is 0.142. The van der Waals surface area contributed by atoms with Crippen LogP contribution in [0.25, 0.3) is 43.8 Å². The van der Waals surface area contributed by atoms with E-state index in [9.17, 15) is 13.2 Å². The maximum absolute atomic E-state index is 13.5. The van der Waals surface area contributed by atoms with E-state index in [-0.39, 0.29) is 17.1 Å². The van der Waals surface area contributed by atoms with Gasteiger partial charge in [0.2, 0.25) is 0 Å². The number of carbonyl (C=O) groups is 1. The van der Waals surface area contributed by atoms with Gasteiger partial charge in [0.25, 0.3) is 10.0 Å². The summed E-state index contributed by atoms with van der Waals surface area (Å²) < 4.78 is 41.5. The van der Waals surface area contributed by atoms with Crippen molar-refractivity contribution in [3.63, 3.8) is 0 Å². The third kappa shape index (κ3) is 4.07. The summed E-state index contributed by atoms with van der Waals surface area (Å²) in [7, 11) is -3.95. The molecule has 0 amide bonds. The van der Waals surface area contributed by atoms with E-state index in [1.807, 2.05) is 78.9 Å². The van der Waals surface area contributed by atoms with Crippen LogP contribution in [0, 0.1) is 0 Å². The summed E-state index contributed by atoms with van der Waals surface area (Å²) in [5.41, 5.74) is 1.79. The lowest BCUT2D eigenvalue weighted by atomic mass is 10.0. The number of anilines is 1. The number of rotatable bonds is 6. The number of sulfonamides is 1. The molecule has 1 N–H and O–H groups in total. The number of ether oxygens (including phenoxy) is 1. The van der Waals surface area contributed by atoms with Gasteiger partial charge in [-0.25, -0.2) is 13.2 Å². The molecule has 6 rings (SSSR count). The van der Waals surface area contributed by atoms with E-state index in [0.29, 0.717) is 38.8 Å². The lowest BCUT2D eigenvalue weighted by Crippen LogP contribution is -2.13. The molecule has 38 heavy (non-hydrogen) atoms. The Bertz CT molecular complexity index is 1940. The van der Waals surface area contributed by atoms with Gasteiger partial charge in [0.15, 0.2) is 0 Å². The van der Waals surface area contributed by atoms with Crippen molar-refractivity contribution in [1.29, 1.82) is 0 Å². The molecular formula is C31H23NO5S. The molecule has 1 aromatic heterocycles. The zero-order valence-electron chi connectivity index (χ0n) is 20.5. The van der Waals surface area contributed by atoms with Crippen molar-refractivity contribution in [2.24, 2.45) is 0 Å². The first kappa shape index (κ1) is 23.8. The van der Waals surface area contributed by atoms with Gasteiger partial charge in [0.05, 0.1) is 17.2 Å². The van der Waals surface area contributed by atoms with Crippen LogP contribution in [0.3, 0.4) is 0 Å². The maximum atomic E-state index is 13.5. The third-order valence-corrected chi connectivity index (χ3v) is 7.85. The largest absolute Gasteiger partial charge is 0.462 e. The molecule has 0 unspecified atom stereocenters. The molecule has 0 spiro atoms. The second kappa shape index (κ2) is 9.36. The van der Waals surface area contributed by atoms with Gasteiger partial charge in [-0.2, -0.15) is 0 Å². The molecule has 5 aromatic carbocycles. The average Bonchev–Trinajstić information content (AvgIpc) is 3.33. The standard InChI is InChI=1S/C31H23NO5S/c1-2-36-31(33)28-26-19-27(32-38(34,35)23-17-16-20-10-6-7-13-22(20)18-23)24-14-8-9-15-25(24)30(26)37-29(28)21-11-4-3-5-12-21/h3-19,32H,2H2,1H3. The Labute approximate surface area is 219 Å². The van der Waals surface area contributed by atoms with Crippen molar-refractivity contribution in [1.82, 2.24) is 0 Å². The number of fused-ring (bicyclic) bond motifs is 4. The van der Waals surface area contributed by atoms with Crippen molar-refractivity contribution in [3.05, 3.63) is 109 Å². The van der Waals surface area contributed by atoms with Crippen molar-refractivity contribution < 1.29 is 22.4 Å². The maximum Gasteiger partial charge on any atom is 0.342 e. The number of esters is 1. The number of hydrogen-bond acceptors (Lipinski definition) is 5. The van der Waals surface area contributed by atoms with Crippen molar-refractivity contribution in [3.8, 4) is 11.3 Å². The van der Waals surface area contributed by atoms with Gasteiger partial charge in [0.1, 0.15) is 16.9 Å². The summed E-state index contributed by atoms with van der Waals surface area (Å²) in [6, 6.07) is 30.9. The van der Waals surface area contributed by atoms with Gasteiger partial charge in [-0.3, -0.25) is 4.72 Å². The van der Waals surface area contributed by atoms with Gasteiger partial charge < -0.3 is 9.15 Å². The highest BCUT2D eigenvalue weighted by Crippen LogP contribution is 2.41. The van der Waals surface area contributed by atoms with Crippen molar-refractivity contribution in [2.75, 3.05) is 11.3 Å². The highest BCUT2D eigenvalue weighted by molar-refractivity contribution is 7.92. The molecule has 0 bridgehead atoms. The zero-order valence-corrected chi connectivity index (χ0v) is 21.3. The van der Waals surface area contributed by atoms with Crippen LogP contribution in [0.2, 0.25) is 0 Å². The first-order valence-electron chi connectivity index (χ1n) is 12.2. The number of benzene rings is 5. The van der Waals surface area contributed by atoms with Gasteiger partial charge in [-0.15, -0.1) is 0 Å². The van der Waals surface area contributed by atoms with Gasteiger partial charge in [-0.05, 0) is 35.9 Å². The molecule has 0 saturated carbocycles. The Morgan fingerprint density at radius 3 is 2.24 bits per heavy atom. The van der Waals surface area contributed by atoms with Crippen LogP contribution in [-0.4, -0.2) is 21.0 Å². The van der Waals surface area contributed by atoms with E-state index in [4.69, 9.17) is 9.15 Å². The van der Waals surface area contributed by atoms with E-state index in [2.05, 4.69) is 4.72 Å². The fourth-order valence-electron chi connectivity index (χ4n) is 4.74. The van der Waals surface area contributed by atoms with E-state index in [1.54, 1.807) is 31.2 Å². The quantitative estimate of drug-likeness (QED) is 0.231. The van der Waals surface area contributed by atoms with Crippen LogP contribution in [-0.2, 0) is 14.8 Å². The Morgan fingerprint density at radius 2 is 1.47 bits per heavy atom. The summed E-state index contributed by atoms with van der Waals surface area (Å²) in [6.07, 6.45) is 0. The second-order valence-corrected chi connectivity index (χ2v) is 10.5. The van der Waals surface area contributed by atoms with Gasteiger partial charge in [-0.1, -0.05) is 84.9 Å². The summed E-state index contributed by atoms with van der Waals surface area (Å²) in [6.45, 7) is 1.93. The SMILES string of the molecule is CCOC(=O)c1c(-c2ccccc2)oc2c1cc(NS(=O)(=O)c1ccc3ccccc3c1)c1ccccc12. The van der Waals surface area contributed by atoms with Crippen LogP contribution < -0.4 is 4.72 Å². The zero-order chi connectivity index (χ0) is 26.3. The molecule has 0 saturated heterocycles. The van der Waals surface area contributed by atoms with E-state index in [0.717, 1.165) is 10.8 Å². The van der Waals surface area contributed by atoms with Crippen molar-refractivity contribution in [2.45, 2.75) is 11.8 Å². The Hall–Kier alpha value is -4.62. The number of carbonyl (C=O) groups excluding carboxylic acids is 1. The summed E-state index contributed by atoms with van der Waals surface area (Å²) >= 11 is 0. The number of hydrogen-bond donors (Lipinski definition) is 1. The second-order valence-electron chi connectivity index (χ2n) is 8.85. The van der Waals surface area contributed by atoms with E-state index in [1.165, 1.54) is 0 Å². The first-order valence-corrected chi connectivity index (χ1v) is 13.7. The topological polar surface area (TPSA) is 85.6 Å². The first-order chi connectivity index (χ1) is 18.5. The van der Waals surface area contributed by atoms with E-state index < -0.39 is 16.0 Å². The normalized spacial score (nSPS) is 11.7. The van der Waals surface area contributed by atoms with Crippen LogP contribution in [0.15, 0.2) is 112 Å². The Balaban J connectivity index is 1.57. The minimum Gasteiger partial charge on any atom is -0.462 e. The molecule has 0 fully saturated rings. The van der Waals surface area contributed by atoms with Crippen LogP contribution >= 0.6 is 0 Å². The molecule has 0 radical (unpaired) electrons. The monoisotopic (exact) mass is 521 g/mol. The fourth-order valence-corrected chi connectivity index (χ4v) is 5.85. The highest BCUT2D eigenvalue weighted by atomic mass is 32.2. The van der Waals surface area contributed by atoms with Gasteiger partial charge in [0, 0.05) is 21.7 Å². The lowest BCUT2D eigenvalue weighted by Gasteiger charge is -2.12. The predicted molar refractivity (Wildman–Crippen MR) is 150 cm³/mol. The van der Waals surface area contributed by atoms with Gasteiger partial charge >= 0.3 is 5.97 Å². The summed E-state index contributed by atoms with van der Waals surface area (Å²) in [4.78, 5) is 13.3. The molecule has 7 heteroatoms. The molecule has 6 nitrogen and oxygen atoms in total. The molecular weight excluding hydrogens is 498 g/mol. The van der Waals surface area contributed by atoms with Crippen LogP contribution in [0.4, 0.5) is 5.69 Å². The molecule has 0 atom stereocenters. The highest BCUT2D eigenvalue weighted by Gasteiger charge is 2.26. The smallest absolute Gasteiger partial charge is 0.342 e. The molecule has 188 valence electrons. The summed E-state index contributed by atoms with van der Waals surface area (Å²) in [5, 5.41) is 3.56. The number of nitrogens with one attached hydrogen (secondary N) is 1. The molecule has 1 heterocycles. The number of furan rings is 1. The lowest BCUT2D eigenvalue weighted by molar-refractivity contribution is 0.0528. The van der Waals surface area contributed by atoms with E-state index >= 15 is 0 Å². The third-order valence-electron chi connectivity index (χ3n) is 6.49. The Kier molecular flexibility index (Phi) is 5.85. The molecule has 6 aromatic rings. The molecule has 0 aliphatic carbocycles. The van der Waals surface area contributed by atoms with Crippen molar-refractivity contribution >= 4 is 54.2 Å². The van der Waals surface area contributed by atoms with Crippen LogP contribution in [0.5, 0.6) is 0 Å². The van der Waals surface area contributed by atoms with Crippen LogP contribution in [0.1, 0.15) is 17.3 Å². The fraction of sp³-hybridized carbons (Fsp3) is 0.0645. The summed E-state index contributed by atoms with van der Waals surface area (Å²) in [5.74, 6) is -0.164. The Morgan fingerprint density at radius 1 is 0.789 bits per heavy atom. The average molecular weight is 522 g/mol. The minimum atomic E-state index is -3.95. The molecule has 0 aliphatic rings.